The standard InChI is InChI=1S/C29H26FN7O3/c30-23-17-20(6-7-22(23)29(39)32-12-10-26(38)36-13-15-40-16-14-36)24-8-9-25-28(33-24)37(35-34-25)18-21-4-1-3-19-5-2-11-31-27(19)21/h1-9,11,17H,10,12-16,18H2,(H,32,39). The maximum absolute atomic E-state index is 15.0. The van der Waals surface area contributed by atoms with Gasteiger partial charge in [-0.3, -0.25) is 14.6 Å². The number of aromatic nitrogens is 5. The molecule has 0 aliphatic carbocycles. The maximum atomic E-state index is 15.0. The molecular weight excluding hydrogens is 513 g/mol. The number of rotatable bonds is 7. The first kappa shape index (κ1) is 25.5. The van der Waals surface area contributed by atoms with Gasteiger partial charge in [0, 0.05) is 43.2 Å². The zero-order valence-corrected chi connectivity index (χ0v) is 21.6. The van der Waals surface area contributed by atoms with E-state index < -0.39 is 11.7 Å². The van der Waals surface area contributed by atoms with Crippen LogP contribution in [0.5, 0.6) is 0 Å². The van der Waals surface area contributed by atoms with Gasteiger partial charge in [0.15, 0.2) is 5.65 Å². The molecule has 0 unspecified atom stereocenters. The number of hydrogen-bond acceptors (Lipinski definition) is 7. The predicted molar refractivity (Wildman–Crippen MR) is 146 cm³/mol. The van der Waals surface area contributed by atoms with E-state index in [-0.39, 0.29) is 24.4 Å². The number of nitrogens with one attached hydrogen (secondary N) is 1. The average molecular weight is 540 g/mol. The van der Waals surface area contributed by atoms with Crippen LogP contribution in [-0.4, -0.2) is 74.5 Å². The van der Waals surface area contributed by atoms with Gasteiger partial charge in [0.05, 0.1) is 36.5 Å². The van der Waals surface area contributed by atoms with Gasteiger partial charge in [-0.15, -0.1) is 5.10 Å². The van der Waals surface area contributed by atoms with Crippen molar-refractivity contribution in [1.82, 2.24) is 35.2 Å². The second-order valence-electron chi connectivity index (χ2n) is 9.47. The molecule has 1 saturated heterocycles. The Morgan fingerprint density at radius 1 is 1.02 bits per heavy atom. The Hall–Kier alpha value is -4.77. The second-order valence-corrected chi connectivity index (χ2v) is 9.47. The van der Waals surface area contributed by atoms with Crippen molar-refractivity contribution in [2.24, 2.45) is 0 Å². The first-order valence-electron chi connectivity index (χ1n) is 13.0. The minimum atomic E-state index is -0.676. The van der Waals surface area contributed by atoms with E-state index in [4.69, 9.17) is 9.72 Å². The number of nitrogens with zero attached hydrogens (tertiary/aromatic N) is 6. The summed E-state index contributed by atoms with van der Waals surface area (Å²) in [5.74, 6) is -1.32. The van der Waals surface area contributed by atoms with Crippen LogP contribution in [0, 0.1) is 5.82 Å². The van der Waals surface area contributed by atoms with E-state index in [0.717, 1.165) is 16.5 Å². The van der Waals surface area contributed by atoms with Crippen molar-refractivity contribution in [3.63, 3.8) is 0 Å². The number of halogens is 1. The number of hydrogen-bond donors (Lipinski definition) is 1. The Morgan fingerprint density at radius 3 is 2.73 bits per heavy atom. The summed E-state index contributed by atoms with van der Waals surface area (Å²) in [5.41, 5.74) is 3.96. The third kappa shape index (κ3) is 5.23. The fraction of sp³-hybridized carbons (Fsp3) is 0.241. The van der Waals surface area contributed by atoms with Gasteiger partial charge in [0.2, 0.25) is 5.91 Å². The number of ether oxygens (including phenoxy) is 1. The lowest BCUT2D eigenvalue weighted by Crippen LogP contribution is -2.42. The quantitative estimate of drug-likeness (QED) is 0.338. The van der Waals surface area contributed by atoms with Gasteiger partial charge >= 0.3 is 0 Å². The minimum absolute atomic E-state index is 0.0636. The van der Waals surface area contributed by atoms with E-state index in [1.807, 2.05) is 30.3 Å². The van der Waals surface area contributed by atoms with E-state index in [1.165, 1.54) is 12.1 Å². The molecule has 0 spiro atoms. The number of carbonyl (C=O) groups excluding carboxylic acids is 2. The molecule has 1 aliphatic rings. The van der Waals surface area contributed by atoms with Crippen LogP contribution >= 0.6 is 0 Å². The van der Waals surface area contributed by atoms with Crippen molar-refractivity contribution in [2.75, 3.05) is 32.8 Å². The average Bonchev–Trinajstić information content (AvgIpc) is 3.39. The van der Waals surface area contributed by atoms with Crippen LogP contribution < -0.4 is 5.32 Å². The first-order chi connectivity index (χ1) is 19.6. The number of para-hydroxylation sites is 1. The molecule has 11 heteroatoms. The summed E-state index contributed by atoms with van der Waals surface area (Å²) in [7, 11) is 0. The SMILES string of the molecule is O=C(NCCC(=O)N1CCOCC1)c1ccc(-c2ccc3nnn(Cc4cccc5cccnc45)c3n2)cc1F. The predicted octanol–water partition coefficient (Wildman–Crippen LogP) is 3.21. The van der Waals surface area contributed by atoms with Crippen molar-refractivity contribution in [3.8, 4) is 11.3 Å². The Bertz CT molecular complexity index is 1710. The van der Waals surface area contributed by atoms with Crippen molar-refractivity contribution in [2.45, 2.75) is 13.0 Å². The normalized spacial score (nSPS) is 13.6. The third-order valence-corrected chi connectivity index (χ3v) is 6.89. The first-order valence-corrected chi connectivity index (χ1v) is 13.0. The highest BCUT2D eigenvalue weighted by atomic mass is 19.1. The summed E-state index contributed by atoms with van der Waals surface area (Å²) < 4.78 is 22.0. The van der Waals surface area contributed by atoms with E-state index in [2.05, 4.69) is 20.6 Å². The number of pyridine rings is 2. The Labute approximate surface area is 228 Å². The van der Waals surface area contributed by atoms with Gasteiger partial charge in [-0.25, -0.2) is 14.1 Å². The van der Waals surface area contributed by atoms with Gasteiger partial charge in [-0.1, -0.05) is 35.5 Å². The largest absolute Gasteiger partial charge is 0.378 e. The van der Waals surface area contributed by atoms with Gasteiger partial charge in [0.1, 0.15) is 11.3 Å². The van der Waals surface area contributed by atoms with Crippen LogP contribution in [0.4, 0.5) is 4.39 Å². The minimum Gasteiger partial charge on any atom is -0.378 e. The molecule has 5 aromatic rings. The highest BCUT2D eigenvalue weighted by Crippen LogP contribution is 2.24. The number of morpholine rings is 1. The molecule has 6 rings (SSSR count). The molecular formula is C29H26FN7O3. The maximum Gasteiger partial charge on any atom is 0.254 e. The van der Waals surface area contributed by atoms with Crippen molar-refractivity contribution in [1.29, 1.82) is 0 Å². The molecule has 0 saturated carbocycles. The topological polar surface area (TPSA) is 115 Å². The molecule has 1 fully saturated rings. The molecule has 202 valence electrons. The van der Waals surface area contributed by atoms with Crippen molar-refractivity contribution in [3.05, 3.63) is 83.8 Å². The fourth-order valence-corrected chi connectivity index (χ4v) is 4.78. The molecule has 1 N–H and O–H groups in total. The van der Waals surface area contributed by atoms with Gasteiger partial charge < -0.3 is 15.0 Å². The van der Waals surface area contributed by atoms with E-state index in [1.54, 1.807) is 34.0 Å². The van der Waals surface area contributed by atoms with Crippen LogP contribution in [0.3, 0.4) is 0 Å². The molecule has 0 bridgehead atoms. The number of amides is 2. The Balaban J connectivity index is 1.17. The lowest BCUT2D eigenvalue weighted by molar-refractivity contribution is -0.135. The summed E-state index contributed by atoms with van der Waals surface area (Å²) in [4.78, 5) is 35.8. The fourth-order valence-electron chi connectivity index (χ4n) is 4.78. The summed E-state index contributed by atoms with van der Waals surface area (Å²) in [6.07, 6.45) is 1.90. The Morgan fingerprint density at radius 2 is 1.88 bits per heavy atom. The van der Waals surface area contributed by atoms with Crippen molar-refractivity contribution < 1.29 is 18.7 Å². The molecule has 1 aliphatic heterocycles. The van der Waals surface area contributed by atoms with E-state index >= 15 is 4.39 Å². The molecule has 10 nitrogen and oxygen atoms in total. The third-order valence-electron chi connectivity index (χ3n) is 6.89. The zero-order valence-electron chi connectivity index (χ0n) is 21.6. The lowest BCUT2D eigenvalue weighted by atomic mass is 10.1. The van der Waals surface area contributed by atoms with E-state index in [9.17, 15) is 9.59 Å². The second kappa shape index (κ2) is 11.1. The van der Waals surface area contributed by atoms with Gasteiger partial charge in [-0.2, -0.15) is 0 Å². The molecule has 3 aromatic heterocycles. The molecule has 2 amide bonds. The smallest absolute Gasteiger partial charge is 0.254 e. The van der Waals surface area contributed by atoms with Crippen molar-refractivity contribution >= 4 is 33.9 Å². The molecule has 2 aromatic carbocycles. The highest BCUT2D eigenvalue weighted by Gasteiger charge is 2.18. The number of carbonyl (C=O) groups is 2. The van der Waals surface area contributed by atoms with Gasteiger partial charge in [-0.05, 0) is 35.9 Å². The summed E-state index contributed by atoms with van der Waals surface area (Å²) in [5, 5.41) is 12.2. The number of fused-ring (bicyclic) bond motifs is 2. The lowest BCUT2D eigenvalue weighted by Gasteiger charge is -2.26. The number of benzene rings is 2. The van der Waals surface area contributed by atoms with Crippen LogP contribution in [0.1, 0.15) is 22.3 Å². The summed E-state index contributed by atoms with van der Waals surface area (Å²) in [6, 6.07) is 17.7. The highest BCUT2D eigenvalue weighted by molar-refractivity contribution is 5.95. The van der Waals surface area contributed by atoms with Gasteiger partial charge in [0.25, 0.3) is 5.91 Å². The molecule has 40 heavy (non-hydrogen) atoms. The Kier molecular flexibility index (Phi) is 7.11. The zero-order chi connectivity index (χ0) is 27.5. The van der Waals surface area contributed by atoms with Crippen LogP contribution in [0.2, 0.25) is 0 Å². The van der Waals surface area contributed by atoms with E-state index in [0.29, 0.717) is 55.3 Å². The molecule has 0 atom stereocenters. The molecule has 0 radical (unpaired) electrons. The monoisotopic (exact) mass is 539 g/mol. The summed E-state index contributed by atoms with van der Waals surface area (Å²) >= 11 is 0. The van der Waals surface area contributed by atoms with Crippen LogP contribution in [0.15, 0.2) is 66.9 Å². The van der Waals surface area contributed by atoms with Crippen LogP contribution in [-0.2, 0) is 16.1 Å². The molecule has 4 heterocycles. The van der Waals surface area contributed by atoms with Crippen LogP contribution in [0.25, 0.3) is 33.3 Å². The summed E-state index contributed by atoms with van der Waals surface area (Å²) in [6.45, 7) is 2.65.